The van der Waals surface area contributed by atoms with Crippen molar-refractivity contribution in [3.05, 3.63) is 45.5 Å². The summed E-state index contributed by atoms with van der Waals surface area (Å²) in [4.78, 5) is 28.9. The number of nitrogens with zero attached hydrogens (tertiary/aromatic N) is 2. The fraction of sp³-hybridized carbons (Fsp3) is 0.500. The van der Waals surface area contributed by atoms with Crippen LogP contribution < -0.4 is 20.5 Å². The molecule has 168 valence electrons. The summed E-state index contributed by atoms with van der Waals surface area (Å²) in [5.41, 5.74) is 2.68. The molecule has 2 N–H and O–H groups in total. The predicted octanol–water partition coefficient (Wildman–Crippen LogP) is 1.58. The number of aromatic nitrogens is 2. The fourth-order valence-electron chi connectivity index (χ4n) is 3.77. The molecule has 1 aliphatic carbocycles. The molecule has 31 heavy (non-hydrogen) atoms. The molecular formula is C22H29N3O5S. The molecule has 0 unspecified atom stereocenters. The number of fused-ring (bicyclic) bond motifs is 1. The van der Waals surface area contributed by atoms with Crippen LogP contribution in [-0.4, -0.2) is 53.7 Å². The van der Waals surface area contributed by atoms with Crippen LogP contribution >= 0.6 is 11.8 Å². The molecule has 1 heterocycles. The normalized spacial score (nSPS) is 12.9. The van der Waals surface area contributed by atoms with E-state index in [1.54, 1.807) is 18.8 Å². The van der Waals surface area contributed by atoms with Crippen molar-refractivity contribution in [1.29, 1.82) is 0 Å². The molecule has 0 aliphatic heterocycles. The monoisotopic (exact) mass is 447 g/mol. The lowest BCUT2D eigenvalue weighted by Gasteiger charge is -2.22. The summed E-state index contributed by atoms with van der Waals surface area (Å²) in [6.45, 7) is 0.664. The van der Waals surface area contributed by atoms with Gasteiger partial charge in [0.1, 0.15) is 5.03 Å². The van der Waals surface area contributed by atoms with Gasteiger partial charge in [0, 0.05) is 17.8 Å². The van der Waals surface area contributed by atoms with Crippen LogP contribution in [0.1, 0.15) is 29.7 Å². The van der Waals surface area contributed by atoms with Crippen LogP contribution in [-0.2, 0) is 30.6 Å². The number of aliphatic hydroxyl groups excluding tert-OH is 1. The van der Waals surface area contributed by atoms with Crippen molar-refractivity contribution < 1.29 is 19.4 Å². The second-order valence-corrected chi connectivity index (χ2v) is 8.25. The van der Waals surface area contributed by atoms with E-state index < -0.39 is 0 Å². The molecule has 0 saturated carbocycles. The van der Waals surface area contributed by atoms with Crippen molar-refractivity contribution in [2.45, 2.75) is 43.7 Å². The average Bonchev–Trinajstić information content (AvgIpc) is 2.79. The quantitative estimate of drug-likeness (QED) is 0.421. The minimum Gasteiger partial charge on any atom is -0.493 e. The zero-order chi connectivity index (χ0) is 22.2. The highest BCUT2D eigenvalue weighted by Gasteiger charge is 2.20. The van der Waals surface area contributed by atoms with E-state index >= 15 is 0 Å². The van der Waals surface area contributed by atoms with Crippen LogP contribution in [0.25, 0.3) is 0 Å². The molecule has 8 nitrogen and oxygen atoms in total. The Kier molecular flexibility index (Phi) is 8.36. The lowest BCUT2D eigenvalue weighted by Crippen LogP contribution is -2.32. The van der Waals surface area contributed by atoms with Crippen LogP contribution in [0.15, 0.2) is 28.0 Å². The van der Waals surface area contributed by atoms with Crippen molar-refractivity contribution in [3.63, 3.8) is 0 Å². The zero-order valence-corrected chi connectivity index (χ0v) is 18.8. The summed E-state index contributed by atoms with van der Waals surface area (Å²) in [6.07, 6.45) is 4.37. The Morgan fingerprint density at radius 1 is 1.23 bits per heavy atom. The van der Waals surface area contributed by atoms with Gasteiger partial charge in [-0.2, -0.15) is 4.98 Å². The van der Waals surface area contributed by atoms with Gasteiger partial charge in [0.25, 0.3) is 0 Å². The lowest BCUT2D eigenvalue weighted by atomic mass is 9.97. The SMILES string of the molecule is COc1ccc(CCNC(=O)CSc2nc(=O)n(CCO)c3c2CCCC3)cc1OC. The minimum absolute atomic E-state index is 0.0943. The molecule has 9 heteroatoms. The maximum absolute atomic E-state index is 12.4. The number of ether oxygens (including phenoxy) is 2. The van der Waals surface area contributed by atoms with Crippen LogP contribution in [0, 0.1) is 0 Å². The van der Waals surface area contributed by atoms with Gasteiger partial charge in [-0.25, -0.2) is 4.79 Å². The van der Waals surface area contributed by atoms with Crippen molar-refractivity contribution in [2.75, 3.05) is 33.1 Å². The number of carbonyl (C=O) groups is 1. The smallest absolute Gasteiger partial charge is 0.348 e. The number of amides is 1. The zero-order valence-electron chi connectivity index (χ0n) is 18.0. The average molecular weight is 448 g/mol. The first-order valence-electron chi connectivity index (χ1n) is 10.4. The van der Waals surface area contributed by atoms with Crippen LogP contribution in [0.4, 0.5) is 0 Å². The van der Waals surface area contributed by atoms with E-state index in [4.69, 9.17) is 9.47 Å². The molecule has 1 aliphatic rings. The Hall–Kier alpha value is -2.52. The summed E-state index contributed by atoms with van der Waals surface area (Å²) >= 11 is 1.31. The van der Waals surface area contributed by atoms with E-state index in [1.807, 2.05) is 18.2 Å². The number of hydrogen-bond donors (Lipinski definition) is 2. The number of aliphatic hydroxyl groups is 1. The number of methoxy groups -OCH3 is 2. The molecule has 0 fully saturated rings. The van der Waals surface area contributed by atoms with E-state index in [0.717, 1.165) is 42.5 Å². The fourth-order valence-corrected chi connectivity index (χ4v) is 4.67. The highest BCUT2D eigenvalue weighted by molar-refractivity contribution is 7.99. The first kappa shape index (κ1) is 23.1. The standard InChI is InChI=1S/C22H29N3O5S/c1-29-18-8-7-15(13-19(18)30-2)9-10-23-20(27)14-31-21-16-5-3-4-6-17(16)25(11-12-26)22(28)24-21/h7-8,13,26H,3-6,9-12,14H2,1-2H3,(H,23,27). The van der Waals surface area contributed by atoms with Gasteiger partial charge in [-0.1, -0.05) is 17.8 Å². The molecule has 0 spiro atoms. The summed E-state index contributed by atoms with van der Waals surface area (Å²) in [5, 5.41) is 12.8. The third-order valence-electron chi connectivity index (χ3n) is 5.30. The molecule has 1 aromatic carbocycles. The third kappa shape index (κ3) is 5.80. The molecule has 0 saturated heterocycles. The second kappa shape index (κ2) is 11.2. The van der Waals surface area contributed by atoms with Gasteiger partial charge in [0.05, 0.1) is 33.1 Å². The van der Waals surface area contributed by atoms with Gasteiger partial charge >= 0.3 is 5.69 Å². The molecule has 0 atom stereocenters. The van der Waals surface area contributed by atoms with E-state index in [1.165, 1.54) is 11.8 Å². The second-order valence-electron chi connectivity index (χ2n) is 7.29. The van der Waals surface area contributed by atoms with Crippen LogP contribution in [0.2, 0.25) is 0 Å². The summed E-state index contributed by atoms with van der Waals surface area (Å²) < 4.78 is 12.1. The number of rotatable bonds is 10. The van der Waals surface area contributed by atoms with Gasteiger partial charge < -0.3 is 19.9 Å². The maximum atomic E-state index is 12.4. The van der Waals surface area contributed by atoms with Gasteiger partial charge in [0.2, 0.25) is 5.91 Å². The predicted molar refractivity (Wildman–Crippen MR) is 119 cm³/mol. The highest BCUT2D eigenvalue weighted by atomic mass is 32.2. The third-order valence-corrected chi connectivity index (χ3v) is 6.32. The summed E-state index contributed by atoms with van der Waals surface area (Å²) in [6, 6.07) is 5.69. The molecule has 0 bridgehead atoms. The Morgan fingerprint density at radius 2 is 2.00 bits per heavy atom. The van der Waals surface area contributed by atoms with Gasteiger partial charge in [-0.05, 0) is 49.8 Å². The van der Waals surface area contributed by atoms with E-state index in [2.05, 4.69) is 10.3 Å². The first-order chi connectivity index (χ1) is 15.1. The molecule has 2 aromatic rings. The first-order valence-corrected chi connectivity index (χ1v) is 11.4. The van der Waals surface area contributed by atoms with Crippen molar-refractivity contribution in [3.8, 4) is 11.5 Å². The molecule has 0 radical (unpaired) electrons. The van der Waals surface area contributed by atoms with E-state index in [9.17, 15) is 14.7 Å². The van der Waals surface area contributed by atoms with Gasteiger partial charge in [0.15, 0.2) is 11.5 Å². The summed E-state index contributed by atoms with van der Waals surface area (Å²) in [5.74, 6) is 1.43. The lowest BCUT2D eigenvalue weighted by molar-refractivity contribution is -0.118. The Bertz CT molecular complexity index is 976. The van der Waals surface area contributed by atoms with Crippen LogP contribution in [0.5, 0.6) is 11.5 Å². The number of hydrogen-bond acceptors (Lipinski definition) is 7. The molecule has 1 amide bonds. The largest absolute Gasteiger partial charge is 0.493 e. The molecule has 1 aromatic heterocycles. The number of nitrogens with one attached hydrogen (secondary N) is 1. The summed E-state index contributed by atoms with van der Waals surface area (Å²) in [7, 11) is 3.19. The highest BCUT2D eigenvalue weighted by Crippen LogP contribution is 2.29. The number of carbonyl (C=O) groups excluding carboxylic acids is 1. The number of thioether (sulfide) groups is 1. The minimum atomic E-state index is -0.355. The van der Waals surface area contributed by atoms with Crippen molar-refractivity contribution >= 4 is 17.7 Å². The van der Waals surface area contributed by atoms with E-state index in [0.29, 0.717) is 29.5 Å². The molecular weight excluding hydrogens is 418 g/mol. The van der Waals surface area contributed by atoms with Crippen LogP contribution in [0.3, 0.4) is 0 Å². The topological polar surface area (TPSA) is 103 Å². The molecule has 3 rings (SSSR count). The Balaban J connectivity index is 1.56. The Labute approximate surface area is 186 Å². The van der Waals surface area contributed by atoms with Gasteiger partial charge in [-0.15, -0.1) is 0 Å². The van der Waals surface area contributed by atoms with Gasteiger partial charge in [-0.3, -0.25) is 9.36 Å². The maximum Gasteiger partial charge on any atom is 0.348 e. The van der Waals surface area contributed by atoms with Crippen molar-refractivity contribution in [1.82, 2.24) is 14.9 Å². The van der Waals surface area contributed by atoms with Crippen molar-refractivity contribution in [2.24, 2.45) is 0 Å². The Morgan fingerprint density at radius 3 is 2.74 bits per heavy atom. The number of benzene rings is 1. The van der Waals surface area contributed by atoms with E-state index in [-0.39, 0.29) is 30.5 Å².